The number of carbonyl (C=O) groups excluding carboxylic acids is 3. The Morgan fingerprint density at radius 2 is 2.15 bits per heavy atom. The number of amides is 2. The van der Waals surface area contributed by atoms with E-state index in [1.807, 2.05) is 0 Å². The molecular weight excluding hydrogens is 256 g/mol. The lowest BCUT2D eigenvalue weighted by molar-refractivity contribution is -0.134. The molecule has 102 valence electrons. The van der Waals surface area contributed by atoms with Crippen LogP contribution in [-0.4, -0.2) is 24.1 Å². The van der Waals surface area contributed by atoms with E-state index in [1.165, 1.54) is 0 Å². The molecule has 1 fully saturated rings. The minimum absolute atomic E-state index is 0.273. The molecule has 1 saturated heterocycles. The number of nitrogens with one attached hydrogen (secondary N) is 2. The molecule has 1 heterocycles. The van der Waals surface area contributed by atoms with Gasteiger partial charge in [0.15, 0.2) is 6.29 Å². The average molecular weight is 270 g/mol. The van der Waals surface area contributed by atoms with Crippen molar-refractivity contribution in [1.29, 1.82) is 0 Å². The van der Waals surface area contributed by atoms with Gasteiger partial charge in [0, 0.05) is 17.5 Å². The molecule has 0 spiro atoms. The lowest BCUT2D eigenvalue weighted by atomic mass is 10.0. The van der Waals surface area contributed by atoms with Crippen molar-refractivity contribution in [3.63, 3.8) is 0 Å². The summed E-state index contributed by atoms with van der Waals surface area (Å²) in [6.07, 6.45) is 1.42. The van der Waals surface area contributed by atoms with Crippen LogP contribution in [-0.2, 0) is 9.59 Å². The summed E-state index contributed by atoms with van der Waals surface area (Å²) in [5, 5.41) is 5.25. The molecule has 0 saturated carbocycles. The highest BCUT2D eigenvalue weighted by Crippen LogP contribution is 2.17. The van der Waals surface area contributed by atoms with Gasteiger partial charge in [-0.25, -0.2) is 0 Å². The van der Waals surface area contributed by atoms with Gasteiger partial charge >= 0.3 is 0 Å². The summed E-state index contributed by atoms with van der Waals surface area (Å²) in [4.78, 5) is 33.9. The number of imide groups is 1. The standard InChI is InChI=1S/C15H14N2O3/c1-2-12(11-6-4-3-5-10(11)9-18)16-13-7-8-14(19)17-15(13)20/h3-6,9,13,16H,1,7-8H2,(H,17,19,20). The first-order valence-corrected chi connectivity index (χ1v) is 6.20. The highest BCUT2D eigenvalue weighted by molar-refractivity contribution is 6.01. The normalized spacial score (nSPS) is 17.9. The SMILES string of the molecule is C=C=C(NC1CCC(=O)NC1=O)c1ccccc1C=O. The van der Waals surface area contributed by atoms with Crippen LogP contribution in [0.5, 0.6) is 0 Å². The van der Waals surface area contributed by atoms with Gasteiger partial charge in [0.25, 0.3) is 0 Å². The van der Waals surface area contributed by atoms with Gasteiger partial charge in [-0.2, -0.15) is 0 Å². The summed E-state index contributed by atoms with van der Waals surface area (Å²) in [6, 6.07) is 6.42. The molecule has 1 aromatic carbocycles. The second kappa shape index (κ2) is 5.99. The molecule has 2 N–H and O–H groups in total. The van der Waals surface area contributed by atoms with Crippen molar-refractivity contribution < 1.29 is 14.4 Å². The Hall–Kier alpha value is -2.65. The average Bonchev–Trinajstić information content (AvgIpc) is 2.46. The van der Waals surface area contributed by atoms with Crippen molar-refractivity contribution in [3.05, 3.63) is 47.7 Å². The van der Waals surface area contributed by atoms with Crippen LogP contribution in [0.15, 0.2) is 36.6 Å². The summed E-state index contributed by atoms with van der Waals surface area (Å²) < 4.78 is 0. The van der Waals surface area contributed by atoms with Gasteiger partial charge < -0.3 is 5.32 Å². The van der Waals surface area contributed by atoms with Gasteiger partial charge in [-0.1, -0.05) is 30.8 Å². The fourth-order valence-electron chi connectivity index (χ4n) is 2.06. The Kier molecular flexibility index (Phi) is 4.13. The maximum Gasteiger partial charge on any atom is 0.249 e. The van der Waals surface area contributed by atoms with Crippen LogP contribution in [0.4, 0.5) is 0 Å². The number of hydrogen-bond donors (Lipinski definition) is 2. The van der Waals surface area contributed by atoms with E-state index in [0.29, 0.717) is 23.2 Å². The molecule has 0 bridgehead atoms. The zero-order chi connectivity index (χ0) is 14.5. The van der Waals surface area contributed by atoms with Crippen LogP contribution in [0.25, 0.3) is 5.70 Å². The van der Waals surface area contributed by atoms with E-state index in [0.717, 1.165) is 6.29 Å². The molecule has 2 amide bonds. The third kappa shape index (κ3) is 2.84. The van der Waals surface area contributed by atoms with Crippen molar-refractivity contribution in [2.75, 3.05) is 0 Å². The van der Waals surface area contributed by atoms with Crippen molar-refractivity contribution in [1.82, 2.24) is 10.6 Å². The largest absolute Gasteiger partial charge is 0.367 e. The highest BCUT2D eigenvalue weighted by atomic mass is 16.2. The summed E-state index contributed by atoms with van der Waals surface area (Å²) in [7, 11) is 0. The second-order valence-electron chi connectivity index (χ2n) is 4.40. The van der Waals surface area contributed by atoms with Gasteiger partial charge in [0.05, 0.1) is 5.70 Å². The monoisotopic (exact) mass is 270 g/mol. The Bertz CT molecular complexity index is 615. The predicted molar refractivity (Wildman–Crippen MR) is 73.7 cm³/mol. The van der Waals surface area contributed by atoms with E-state index in [4.69, 9.17) is 0 Å². The van der Waals surface area contributed by atoms with Crippen molar-refractivity contribution in [2.24, 2.45) is 0 Å². The van der Waals surface area contributed by atoms with Gasteiger partial charge in [-0.15, -0.1) is 5.73 Å². The van der Waals surface area contributed by atoms with Gasteiger partial charge in [-0.05, 0) is 6.42 Å². The molecule has 1 unspecified atom stereocenters. The Morgan fingerprint density at radius 1 is 1.40 bits per heavy atom. The Morgan fingerprint density at radius 3 is 2.80 bits per heavy atom. The molecule has 1 aliphatic heterocycles. The minimum atomic E-state index is -0.531. The molecule has 1 aliphatic rings. The van der Waals surface area contributed by atoms with Gasteiger partial charge in [0.1, 0.15) is 6.04 Å². The summed E-state index contributed by atoms with van der Waals surface area (Å²) in [5.74, 6) is -0.650. The highest BCUT2D eigenvalue weighted by Gasteiger charge is 2.27. The number of hydrogen-bond acceptors (Lipinski definition) is 4. The summed E-state index contributed by atoms with van der Waals surface area (Å²) >= 11 is 0. The van der Waals surface area contributed by atoms with Crippen molar-refractivity contribution in [3.8, 4) is 0 Å². The van der Waals surface area contributed by atoms with Crippen LogP contribution < -0.4 is 10.6 Å². The van der Waals surface area contributed by atoms with E-state index < -0.39 is 6.04 Å². The molecule has 1 atom stereocenters. The third-order valence-corrected chi connectivity index (χ3v) is 3.09. The quantitative estimate of drug-likeness (QED) is 0.486. The molecule has 2 rings (SSSR count). The molecular formula is C15H14N2O3. The second-order valence-corrected chi connectivity index (χ2v) is 4.40. The van der Waals surface area contributed by atoms with Crippen LogP contribution in [0.1, 0.15) is 28.8 Å². The number of aldehydes is 1. The molecule has 0 radical (unpaired) electrons. The van der Waals surface area contributed by atoms with E-state index in [2.05, 4.69) is 22.9 Å². The maximum absolute atomic E-state index is 11.7. The summed E-state index contributed by atoms with van der Waals surface area (Å²) in [5.41, 5.74) is 4.29. The van der Waals surface area contributed by atoms with Crippen LogP contribution in [0.2, 0.25) is 0 Å². The smallest absolute Gasteiger partial charge is 0.249 e. The van der Waals surface area contributed by atoms with E-state index >= 15 is 0 Å². The predicted octanol–water partition coefficient (Wildman–Crippen LogP) is 1.02. The lowest BCUT2D eigenvalue weighted by Crippen LogP contribution is -2.50. The van der Waals surface area contributed by atoms with Crippen LogP contribution in [0, 0.1) is 0 Å². The first kappa shape index (κ1) is 13.8. The molecule has 1 aromatic rings. The third-order valence-electron chi connectivity index (χ3n) is 3.09. The summed E-state index contributed by atoms with van der Waals surface area (Å²) in [6.45, 7) is 3.58. The number of rotatable bonds is 4. The fourth-order valence-corrected chi connectivity index (χ4v) is 2.06. The number of carbonyl (C=O) groups is 3. The zero-order valence-corrected chi connectivity index (χ0v) is 10.8. The maximum atomic E-state index is 11.7. The van der Waals surface area contributed by atoms with Gasteiger partial charge in [0.2, 0.25) is 11.8 Å². The molecule has 5 heteroatoms. The van der Waals surface area contributed by atoms with Crippen LogP contribution >= 0.6 is 0 Å². The van der Waals surface area contributed by atoms with Crippen LogP contribution in [0.3, 0.4) is 0 Å². The number of piperidine rings is 1. The van der Waals surface area contributed by atoms with E-state index in [-0.39, 0.29) is 18.2 Å². The zero-order valence-electron chi connectivity index (χ0n) is 10.8. The molecule has 5 nitrogen and oxygen atoms in total. The molecule has 0 aromatic heterocycles. The minimum Gasteiger partial charge on any atom is -0.367 e. The molecule has 0 aliphatic carbocycles. The van der Waals surface area contributed by atoms with E-state index in [1.54, 1.807) is 24.3 Å². The van der Waals surface area contributed by atoms with Crippen molar-refractivity contribution in [2.45, 2.75) is 18.9 Å². The Labute approximate surface area is 116 Å². The Balaban J connectivity index is 2.22. The topological polar surface area (TPSA) is 75.3 Å². The van der Waals surface area contributed by atoms with Gasteiger partial charge in [-0.3, -0.25) is 19.7 Å². The van der Waals surface area contributed by atoms with E-state index in [9.17, 15) is 14.4 Å². The van der Waals surface area contributed by atoms with Crippen molar-refractivity contribution >= 4 is 23.8 Å². The number of benzene rings is 1. The fraction of sp³-hybridized carbons (Fsp3) is 0.200. The first-order chi connectivity index (χ1) is 9.65. The molecule has 20 heavy (non-hydrogen) atoms. The lowest BCUT2D eigenvalue weighted by Gasteiger charge is -2.23. The first-order valence-electron chi connectivity index (χ1n) is 6.20.